The van der Waals surface area contributed by atoms with E-state index in [-0.39, 0.29) is 18.3 Å². The molecule has 108 valence electrons. The van der Waals surface area contributed by atoms with Gasteiger partial charge in [-0.1, -0.05) is 6.07 Å². The molecule has 1 aromatic carbocycles. The molecule has 7 nitrogen and oxygen atoms in total. The molecule has 0 bridgehead atoms. The number of hydrogen-bond acceptors (Lipinski definition) is 5. The molecule has 0 fully saturated rings. The molecule has 0 saturated heterocycles. The van der Waals surface area contributed by atoms with E-state index in [0.717, 1.165) is 11.4 Å². The Labute approximate surface area is 123 Å². The van der Waals surface area contributed by atoms with Crippen LogP contribution in [0.15, 0.2) is 24.3 Å². The summed E-state index contributed by atoms with van der Waals surface area (Å²) in [5, 5.41) is 14.1. The van der Waals surface area contributed by atoms with Crippen LogP contribution in [-0.4, -0.2) is 32.7 Å². The van der Waals surface area contributed by atoms with E-state index in [2.05, 4.69) is 20.8 Å². The van der Waals surface area contributed by atoms with Crippen LogP contribution in [0.5, 0.6) is 0 Å². The van der Waals surface area contributed by atoms with Crippen molar-refractivity contribution in [1.29, 1.82) is 0 Å². The third kappa shape index (κ3) is 4.01. The number of benzene rings is 1. The minimum Gasteiger partial charge on any atom is -0.330 e. The molecule has 0 spiro atoms. The fourth-order valence-electron chi connectivity index (χ4n) is 1.67. The molecule has 20 heavy (non-hydrogen) atoms. The second-order valence-corrected chi connectivity index (χ2v) is 4.13. The summed E-state index contributed by atoms with van der Waals surface area (Å²) in [4.78, 5) is 11.6. The van der Waals surface area contributed by atoms with Gasteiger partial charge in [0.05, 0.1) is 5.69 Å². The molecule has 0 radical (unpaired) electrons. The van der Waals surface area contributed by atoms with Crippen LogP contribution in [0, 0.1) is 6.92 Å². The lowest BCUT2D eigenvalue weighted by Crippen LogP contribution is -2.13. The SMILES string of the molecule is Cc1nnnn1-c1cccc(NC(=O)CCCN)c1.Cl. The van der Waals surface area contributed by atoms with Crippen LogP contribution in [-0.2, 0) is 4.79 Å². The first kappa shape index (κ1) is 16.1. The first-order valence-corrected chi connectivity index (χ1v) is 6.06. The van der Waals surface area contributed by atoms with Crippen LogP contribution >= 0.6 is 12.4 Å². The number of hydrogen-bond donors (Lipinski definition) is 2. The lowest BCUT2D eigenvalue weighted by molar-refractivity contribution is -0.116. The molecular formula is C12H17ClN6O. The molecule has 0 atom stereocenters. The maximum absolute atomic E-state index is 11.6. The number of carbonyl (C=O) groups is 1. The lowest BCUT2D eigenvalue weighted by Gasteiger charge is -2.07. The maximum atomic E-state index is 11.6. The first-order valence-electron chi connectivity index (χ1n) is 6.06. The van der Waals surface area contributed by atoms with E-state index < -0.39 is 0 Å². The van der Waals surface area contributed by atoms with Gasteiger partial charge in [-0.15, -0.1) is 17.5 Å². The molecule has 0 saturated carbocycles. The second-order valence-electron chi connectivity index (χ2n) is 4.13. The minimum absolute atomic E-state index is 0. The number of rotatable bonds is 5. The monoisotopic (exact) mass is 296 g/mol. The van der Waals surface area contributed by atoms with Gasteiger partial charge in [0.15, 0.2) is 5.82 Å². The minimum atomic E-state index is -0.0453. The van der Waals surface area contributed by atoms with Crippen molar-refractivity contribution in [2.24, 2.45) is 5.73 Å². The highest BCUT2D eigenvalue weighted by atomic mass is 35.5. The molecule has 3 N–H and O–H groups in total. The van der Waals surface area contributed by atoms with Gasteiger partial charge in [-0.05, 0) is 48.5 Å². The zero-order valence-corrected chi connectivity index (χ0v) is 11.9. The Morgan fingerprint density at radius 1 is 1.45 bits per heavy atom. The largest absolute Gasteiger partial charge is 0.330 e. The van der Waals surface area contributed by atoms with Gasteiger partial charge in [-0.2, -0.15) is 4.68 Å². The van der Waals surface area contributed by atoms with E-state index in [1.54, 1.807) is 4.68 Å². The van der Waals surface area contributed by atoms with E-state index in [9.17, 15) is 4.79 Å². The van der Waals surface area contributed by atoms with Crippen molar-refractivity contribution < 1.29 is 4.79 Å². The predicted molar refractivity (Wildman–Crippen MR) is 78.1 cm³/mol. The number of nitrogens with zero attached hydrogens (tertiary/aromatic N) is 4. The Balaban J connectivity index is 0.00000200. The molecule has 0 aliphatic carbocycles. The van der Waals surface area contributed by atoms with E-state index in [4.69, 9.17) is 5.73 Å². The molecule has 2 aromatic rings. The summed E-state index contributed by atoms with van der Waals surface area (Å²) in [6.45, 7) is 2.32. The number of aromatic nitrogens is 4. The highest BCUT2D eigenvalue weighted by molar-refractivity contribution is 5.90. The Hall–Kier alpha value is -1.99. The van der Waals surface area contributed by atoms with Crippen molar-refractivity contribution in [3.8, 4) is 5.69 Å². The Morgan fingerprint density at radius 3 is 2.90 bits per heavy atom. The van der Waals surface area contributed by atoms with Crippen LogP contribution in [0.4, 0.5) is 5.69 Å². The molecule has 8 heteroatoms. The van der Waals surface area contributed by atoms with Gasteiger partial charge in [0.2, 0.25) is 5.91 Å². The van der Waals surface area contributed by atoms with Crippen molar-refractivity contribution in [3.05, 3.63) is 30.1 Å². The third-order valence-corrected chi connectivity index (χ3v) is 2.61. The molecule has 0 unspecified atom stereocenters. The molecule has 1 aromatic heterocycles. The number of anilines is 1. The Morgan fingerprint density at radius 2 is 2.25 bits per heavy atom. The topological polar surface area (TPSA) is 98.7 Å². The van der Waals surface area contributed by atoms with Crippen molar-refractivity contribution in [2.75, 3.05) is 11.9 Å². The number of carbonyl (C=O) groups excluding carboxylic acids is 1. The summed E-state index contributed by atoms with van der Waals surface area (Å²) in [5.74, 6) is 0.641. The Kier molecular flexibility index (Phi) is 6.08. The maximum Gasteiger partial charge on any atom is 0.224 e. The van der Waals surface area contributed by atoms with Gasteiger partial charge < -0.3 is 11.1 Å². The quantitative estimate of drug-likeness (QED) is 0.860. The number of amides is 1. The second kappa shape index (κ2) is 7.56. The van der Waals surface area contributed by atoms with Gasteiger partial charge in [-0.3, -0.25) is 4.79 Å². The average Bonchev–Trinajstić information content (AvgIpc) is 2.83. The zero-order chi connectivity index (χ0) is 13.7. The normalized spacial score (nSPS) is 9.90. The van der Waals surface area contributed by atoms with Crippen molar-refractivity contribution in [3.63, 3.8) is 0 Å². The predicted octanol–water partition coefficient (Wildman–Crippen LogP) is 1.07. The van der Waals surface area contributed by atoms with Gasteiger partial charge in [0, 0.05) is 12.1 Å². The number of aryl methyl sites for hydroxylation is 1. The summed E-state index contributed by atoms with van der Waals surface area (Å²) in [6, 6.07) is 7.36. The molecule has 1 heterocycles. The third-order valence-electron chi connectivity index (χ3n) is 2.61. The summed E-state index contributed by atoms with van der Waals surface area (Å²) < 4.78 is 1.61. The number of nitrogens with one attached hydrogen (secondary N) is 1. The van der Waals surface area contributed by atoms with Crippen LogP contribution < -0.4 is 11.1 Å². The summed E-state index contributed by atoms with van der Waals surface area (Å²) in [6.07, 6.45) is 1.10. The number of nitrogens with two attached hydrogens (primary N) is 1. The van der Waals surface area contributed by atoms with Gasteiger partial charge in [-0.25, -0.2) is 0 Å². The van der Waals surface area contributed by atoms with Crippen molar-refractivity contribution >= 4 is 24.0 Å². The van der Waals surface area contributed by atoms with Gasteiger partial charge in [0.25, 0.3) is 0 Å². The van der Waals surface area contributed by atoms with Crippen LogP contribution in [0.1, 0.15) is 18.7 Å². The van der Waals surface area contributed by atoms with E-state index in [0.29, 0.717) is 25.2 Å². The fraction of sp³-hybridized carbons (Fsp3) is 0.333. The van der Waals surface area contributed by atoms with Crippen LogP contribution in [0.2, 0.25) is 0 Å². The van der Waals surface area contributed by atoms with Crippen LogP contribution in [0.25, 0.3) is 5.69 Å². The van der Waals surface area contributed by atoms with Crippen molar-refractivity contribution in [1.82, 2.24) is 20.2 Å². The average molecular weight is 297 g/mol. The number of tetrazole rings is 1. The molecule has 0 aliphatic heterocycles. The standard InChI is InChI=1S/C12H16N6O.ClH/c1-9-15-16-17-18(9)11-5-2-4-10(8-11)14-12(19)6-3-7-13;/h2,4-5,8H,3,6-7,13H2,1H3,(H,14,19);1H. The molecule has 0 aliphatic rings. The first-order chi connectivity index (χ1) is 9.20. The molecule has 2 rings (SSSR count). The Bertz CT molecular complexity index is 571. The van der Waals surface area contributed by atoms with Crippen molar-refractivity contribution in [2.45, 2.75) is 19.8 Å². The summed E-state index contributed by atoms with van der Waals surface area (Å²) in [5.41, 5.74) is 6.89. The van der Waals surface area contributed by atoms with E-state index in [1.807, 2.05) is 31.2 Å². The van der Waals surface area contributed by atoms with Gasteiger partial charge in [0.1, 0.15) is 0 Å². The van der Waals surface area contributed by atoms with E-state index in [1.165, 1.54) is 0 Å². The smallest absolute Gasteiger partial charge is 0.224 e. The van der Waals surface area contributed by atoms with E-state index >= 15 is 0 Å². The molecule has 1 amide bonds. The summed E-state index contributed by atoms with van der Waals surface area (Å²) >= 11 is 0. The zero-order valence-electron chi connectivity index (χ0n) is 11.1. The van der Waals surface area contributed by atoms with Crippen LogP contribution in [0.3, 0.4) is 0 Å². The molecular weight excluding hydrogens is 280 g/mol. The van der Waals surface area contributed by atoms with Gasteiger partial charge >= 0.3 is 0 Å². The fourth-order valence-corrected chi connectivity index (χ4v) is 1.67. The summed E-state index contributed by atoms with van der Waals surface area (Å²) in [7, 11) is 0. The number of halogens is 1. The highest BCUT2D eigenvalue weighted by Gasteiger charge is 2.06. The highest BCUT2D eigenvalue weighted by Crippen LogP contribution is 2.14. The lowest BCUT2D eigenvalue weighted by atomic mass is 10.2.